The zero-order chi connectivity index (χ0) is 17.0. The number of carbonyl (C=O) groups excluding carboxylic acids is 2. The molecule has 1 aromatic carbocycles. The number of nitrogens with zero attached hydrogens (tertiary/aromatic N) is 1. The molecule has 0 spiro atoms. The lowest BCUT2D eigenvalue weighted by molar-refractivity contribution is 0.0844. The van der Waals surface area contributed by atoms with E-state index in [1.807, 2.05) is 0 Å². The Kier molecular flexibility index (Phi) is 5.65. The summed E-state index contributed by atoms with van der Waals surface area (Å²) in [7, 11) is 1.42. The average molecular weight is 375 g/mol. The lowest BCUT2D eigenvalue weighted by Gasteiger charge is -2.10. The maximum atomic E-state index is 12.1. The van der Waals surface area contributed by atoms with Gasteiger partial charge in [-0.2, -0.15) is 0 Å². The van der Waals surface area contributed by atoms with Crippen molar-refractivity contribution in [2.24, 2.45) is 0 Å². The molecule has 2 N–H and O–H groups in total. The molecule has 6 nitrogen and oxygen atoms in total. The third-order valence-corrected chi connectivity index (χ3v) is 3.68. The van der Waals surface area contributed by atoms with Crippen LogP contribution in [-0.2, 0) is 0 Å². The molecule has 120 valence electrons. The average Bonchev–Trinajstić information content (AvgIpc) is 2.54. The molecule has 2 amide bonds. The number of hydrogen-bond donors (Lipinski definition) is 2. The maximum absolute atomic E-state index is 12.1. The molecule has 0 bridgehead atoms. The minimum atomic E-state index is -0.606. The van der Waals surface area contributed by atoms with Gasteiger partial charge in [0, 0.05) is 11.2 Å². The highest BCUT2D eigenvalue weighted by atomic mass is 35.5. The van der Waals surface area contributed by atoms with Crippen LogP contribution in [0.5, 0.6) is 5.75 Å². The molecule has 0 aliphatic carbocycles. The molecule has 0 aliphatic heterocycles. The Labute approximate surface area is 146 Å². The normalized spacial score (nSPS) is 10.1. The third kappa shape index (κ3) is 4.25. The van der Waals surface area contributed by atoms with Crippen LogP contribution < -0.4 is 15.6 Å². The predicted molar refractivity (Wildman–Crippen MR) is 87.2 cm³/mol. The van der Waals surface area contributed by atoms with Gasteiger partial charge < -0.3 is 4.74 Å². The molecule has 2 aromatic rings. The van der Waals surface area contributed by atoms with Gasteiger partial charge >= 0.3 is 0 Å². The summed E-state index contributed by atoms with van der Waals surface area (Å²) in [4.78, 5) is 27.8. The topological polar surface area (TPSA) is 80.3 Å². The first-order chi connectivity index (χ1) is 10.9. The second-order valence-corrected chi connectivity index (χ2v) is 5.45. The van der Waals surface area contributed by atoms with E-state index in [2.05, 4.69) is 15.8 Å². The first-order valence-corrected chi connectivity index (χ1v) is 7.31. The highest BCUT2D eigenvalue weighted by molar-refractivity contribution is 6.41. The van der Waals surface area contributed by atoms with Crippen molar-refractivity contribution < 1.29 is 14.3 Å². The van der Waals surface area contributed by atoms with Crippen LogP contribution in [0.3, 0.4) is 0 Å². The Morgan fingerprint density at radius 1 is 1.09 bits per heavy atom. The number of hydrazine groups is 1. The Bertz CT molecular complexity index is 768. The molecule has 2 rings (SSSR count). The van der Waals surface area contributed by atoms with Gasteiger partial charge in [0.15, 0.2) is 0 Å². The molecular formula is C14H10Cl3N3O3. The summed E-state index contributed by atoms with van der Waals surface area (Å²) in [5, 5.41) is 0.564. The quantitative estimate of drug-likeness (QED) is 0.639. The van der Waals surface area contributed by atoms with E-state index in [4.69, 9.17) is 39.5 Å². The number of nitrogens with one attached hydrogen (secondary N) is 2. The van der Waals surface area contributed by atoms with E-state index in [0.717, 1.165) is 0 Å². The lowest BCUT2D eigenvalue weighted by atomic mass is 10.2. The highest BCUT2D eigenvalue weighted by Crippen LogP contribution is 2.22. The first kappa shape index (κ1) is 17.3. The second kappa shape index (κ2) is 7.50. The van der Waals surface area contributed by atoms with Gasteiger partial charge in [-0.05, 0) is 24.3 Å². The number of carbonyl (C=O) groups is 2. The number of hydrogen-bond acceptors (Lipinski definition) is 4. The first-order valence-electron chi connectivity index (χ1n) is 6.17. The molecule has 0 aliphatic rings. The molecule has 1 heterocycles. The number of amides is 2. The fraction of sp³-hybridized carbons (Fsp3) is 0.0714. The molecule has 0 atom stereocenters. The van der Waals surface area contributed by atoms with Crippen molar-refractivity contribution >= 4 is 46.6 Å². The molecule has 23 heavy (non-hydrogen) atoms. The van der Waals surface area contributed by atoms with Gasteiger partial charge in [-0.15, -0.1) is 0 Å². The Morgan fingerprint density at radius 3 is 2.43 bits per heavy atom. The Hall–Kier alpha value is -2.02. The number of pyridine rings is 1. The monoisotopic (exact) mass is 373 g/mol. The van der Waals surface area contributed by atoms with Gasteiger partial charge in [-0.25, -0.2) is 4.98 Å². The zero-order valence-corrected chi connectivity index (χ0v) is 14.0. The zero-order valence-electron chi connectivity index (χ0n) is 11.7. The van der Waals surface area contributed by atoms with E-state index in [1.165, 1.54) is 25.4 Å². The van der Waals surface area contributed by atoms with Crippen molar-refractivity contribution in [2.75, 3.05) is 7.11 Å². The molecule has 0 unspecified atom stereocenters. The van der Waals surface area contributed by atoms with E-state index >= 15 is 0 Å². The van der Waals surface area contributed by atoms with Gasteiger partial charge in [0.25, 0.3) is 11.8 Å². The molecule has 1 aromatic heterocycles. The van der Waals surface area contributed by atoms with Gasteiger partial charge in [0.1, 0.15) is 10.9 Å². The largest absolute Gasteiger partial charge is 0.496 e. The summed E-state index contributed by atoms with van der Waals surface area (Å²) in [5.41, 5.74) is 4.80. The number of ether oxygens (including phenoxy) is 1. The standard InChI is InChI=1S/C14H10Cl3N3O3/c1-23-11-3-2-8(15)5-9(11)14(22)20-19-13(21)7-4-10(16)12(17)18-6-7/h2-6H,1H3,(H,19,21)(H,20,22). The predicted octanol–water partition coefficient (Wildman–Crippen LogP) is 3.13. The number of aromatic nitrogens is 1. The van der Waals surface area contributed by atoms with Crippen LogP contribution in [-0.4, -0.2) is 23.9 Å². The Balaban J connectivity index is 2.08. The Morgan fingerprint density at radius 2 is 1.78 bits per heavy atom. The fourth-order valence-corrected chi connectivity index (χ4v) is 2.10. The van der Waals surface area contributed by atoms with Crippen LogP contribution in [0.25, 0.3) is 0 Å². The molecular weight excluding hydrogens is 365 g/mol. The van der Waals surface area contributed by atoms with Crippen molar-refractivity contribution in [3.8, 4) is 5.75 Å². The van der Waals surface area contributed by atoms with Crippen molar-refractivity contribution in [3.63, 3.8) is 0 Å². The SMILES string of the molecule is COc1ccc(Cl)cc1C(=O)NNC(=O)c1cnc(Cl)c(Cl)c1. The van der Waals surface area contributed by atoms with Crippen molar-refractivity contribution in [3.05, 3.63) is 56.8 Å². The summed E-state index contributed by atoms with van der Waals surface area (Å²) in [6, 6.07) is 5.88. The fourth-order valence-electron chi connectivity index (χ4n) is 1.66. The molecule has 0 saturated carbocycles. The van der Waals surface area contributed by atoms with E-state index in [1.54, 1.807) is 12.1 Å². The van der Waals surface area contributed by atoms with Crippen molar-refractivity contribution in [1.29, 1.82) is 0 Å². The van der Waals surface area contributed by atoms with E-state index < -0.39 is 11.8 Å². The summed E-state index contributed by atoms with van der Waals surface area (Å²) >= 11 is 17.3. The van der Waals surface area contributed by atoms with Crippen LogP contribution in [0.1, 0.15) is 20.7 Å². The molecule has 0 saturated heterocycles. The maximum Gasteiger partial charge on any atom is 0.273 e. The van der Waals surface area contributed by atoms with E-state index in [0.29, 0.717) is 10.8 Å². The smallest absolute Gasteiger partial charge is 0.273 e. The number of benzene rings is 1. The van der Waals surface area contributed by atoms with Crippen LogP contribution in [0, 0.1) is 0 Å². The summed E-state index contributed by atoms with van der Waals surface area (Å²) < 4.78 is 5.07. The van der Waals surface area contributed by atoms with Gasteiger partial charge in [-0.1, -0.05) is 34.8 Å². The minimum absolute atomic E-state index is 0.0796. The summed E-state index contributed by atoms with van der Waals surface area (Å²) in [6.45, 7) is 0. The van der Waals surface area contributed by atoms with E-state index in [-0.39, 0.29) is 21.3 Å². The van der Waals surface area contributed by atoms with Gasteiger partial charge in [0.05, 0.1) is 23.3 Å². The second-order valence-electron chi connectivity index (χ2n) is 4.25. The van der Waals surface area contributed by atoms with Crippen molar-refractivity contribution in [1.82, 2.24) is 15.8 Å². The molecule has 9 heteroatoms. The van der Waals surface area contributed by atoms with Gasteiger partial charge in [-0.3, -0.25) is 20.4 Å². The van der Waals surface area contributed by atoms with Crippen LogP contribution in [0.4, 0.5) is 0 Å². The minimum Gasteiger partial charge on any atom is -0.496 e. The summed E-state index contributed by atoms with van der Waals surface area (Å²) in [5.74, 6) is -0.881. The number of halogens is 3. The van der Waals surface area contributed by atoms with Gasteiger partial charge in [0.2, 0.25) is 0 Å². The molecule has 0 fully saturated rings. The summed E-state index contributed by atoms with van der Waals surface area (Å²) in [6.07, 6.45) is 1.23. The van der Waals surface area contributed by atoms with Crippen molar-refractivity contribution in [2.45, 2.75) is 0 Å². The lowest BCUT2D eigenvalue weighted by Crippen LogP contribution is -2.41. The molecule has 0 radical (unpaired) electrons. The number of rotatable bonds is 3. The van der Waals surface area contributed by atoms with Crippen LogP contribution >= 0.6 is 34.8 Å². The van der Waals surface area contributed by atoms with Crippen LogP contribution in [0.2, 0.25) is 15.2 Å². The van der Waals surface area contributed by atoms with Crippen LogP contribution in [0.15, 0.2) is 30.5 Å². The third-order valence-electron chi connectivity index (χ3n) is 2.75. The number of methoxy groups -OCH3 is 1. The van der Waals surface area contributed by atoms with E-state index in [9.17, 15) is 9.59 Å². The highest BCUT2D eigenvalue weighted by Gasteiger charge is 2.15.